The van der Waals surface area contributed by atoms with Gasteiger partial charge in [0.25, 0.3) is 0 Å². The van der Waals surface area contributed by atoms with E-state index in [4.69, 9.17) is 34.8 Å². The highest BCUT2D eigenvalue weighted by Crippen LogP contribution is 2.47. The number of halogens is 4. The third kappa shape index (κ3) is 4.30. The summed E-state index contributed by atoms with van der Waals surface area (Å²) in [6, 6.07) is 14.8. The number of rotatable bonds is 4. The lowest BCUT2D eigenvalue weighted by atomic mass is 9.88. The Kier molecular flexibility index (Phi) is 6.68. The van der Waals surface area contributed by atoms with Gasteiger partial charge in [0, 0.05) is 35.8 Å². The highest BCUT2D eigenvalue weighted by molar-refractivity contribution is 6.40. The largest absolute Gasteiger partial charge is 0.333 e. The molecular formula is C30H27Cl3FN3O. The van der Waals surface area contributed by atoms with E-state index in [-0.39, 0.29) is 6.03 Å². The number of hydrogen-bond acceptors (Lipinski definition) is 2. The van der Waals surface area contributed by atoms with Crippen molar-refractivity contribution in [3.63, 3.8) is 0 Å². The molecule has 3 aromatic rings. The predicted molar refractivity (Wildman–Crippen MR) is 154 cm³/mol. The lowest BCUT2D eigenvalue weighted by Gasteiger charge is -2.38. The molecule has 2 bridgehead atoms. The number of nitrogens with one attached hydrogen (secondary N) is 1. The van der Waals surface area contributed by atoms with Crippen molar-refractivity contribution in [1.82, 2.24) is 10.2 Å². The van der Waals surface area contributed by atoms with Crippen LogP contribution in [0.3, 0.4) is 0 Å². The summed E-state index contributed by atoms with van der Waals surface area (Å²) in [5, 5.41) is 4.01. The summed E-state index contributed by atoms with van der Waals surface area (Å²) in [5.74, 6) is -0.401. The van der Waals surface area contributed by atoms with E-state index in [1.165, 1.54) is 17.7 Å². The molecule has 1 N–H and O–H groups in total. The van der Waals surface area contributed by atoms with Gasteiger partial charge in [-0.05, 0) is 92.3 Å². The average molecular weight is 571 g/mol. The zero-order valence-electron chi connectivity index (χ0n) is 21.1. The molecule has 38 heavy (non-hydrogen) atoms. The molecule has 1 saturated heterocycles. The van der Waals surface area contributed by atoms with Gasteiger partial charge in [-0.1, -0.05) is 46.9 Å². The molecule has 4 nitrogen and oxygen atoms in total. The van der Waals surface area contributed by atoms with Gasteiger partial charge in [0.1, 0.15) is 5.82 Å². The summed E-state index contributed by atoms with van der Waals surface area (Å²) in [6.07, 6.45) is 5.59. The van der Waals surface area contributed by atoms with E-state index in [1.54, 1.807) is 29.2 Å². The molecule has 3 aromatic carbocycles. The zero-order valence-corrected chi connectivity index (χ0v) is 23.3. The molecule has 3 aliphatic heterocycles. The van der Waals surface area contributed by atoms with Gasteiger partial charge in [-0.2, -0.15) is 0 Å². The minimum atomic E-state index is -0.401. The van der Waals surface area contributed by atoms with Gasteiger partial charge >= 0.3 is 6.03 Å². The van der Waals surface area contributed by atoms with E-state index < -0.39 is 5.82 Å². The molecule has 3 aliphatic rings. The number of carbonyl (C=O) groups excluding carboxylic acids is 1. The molecule has 2 amide bonds. The number of para-hydroxylation sites is 1. The molecule has 0 saturated carbocycles. The van der Waals surface area contributed by atoms with Crippen LogP contribution in [0.15, 0.2) is 54.6 Å². The molecule has 2 atom stereocenters. The number of fused-ring (bicyclic) bond motifs is 3. The molecule has 196 valence electrons. The van der Waals surface area contributed by atoms with E-state index >= 15 is 0 Å². The van der Waals surface area contributed by atoms with E-state index in [1.807, 2.05) is 0 Å². The average Bonchev–Trinajstić information content (AvgIpc) is 3.14. The van der Waals surface area contributed by atoms with Crippen LogP contribution in [-0.4, -0.2) is 29.1 Å². The Morgan fingerprint density at radius 2 is 1.74 bits per heavy atom. The number of carbonyl (C=O) groups is 1. The van der Waals surface area contributed by atoms with Gasteiger partial charge in [0.2, 0.25) is 0 Å². The molecule has 8 heteroatoms. The number of benzene rings is 3. The highest BCUT2D eigenvalue weighted by atomic mass is 35.5. The molecule has 0 radical (unpaired) electrons. The summed E-state index contributed by atoms with van der Waals surface area (Å²) in [6.45, 7) is 4.80. The summed E-state index contributed by atoms with van der Waals surface area (Å²) in [4.78, 5) is 17.5. The van der Waals surface area contributed by atoms with E-state index in [0.717, 1.165) is 36.0 Å². The van der Waals surface area contributed by atoms with Gasteiger partial charge in [0.15, 0.2) is 0 Å². The Hall–Kier alpha value is -2.57. The fourth-order valence-corrected chi connectivity index (χ4v) is 7.17. The van der Waals surface area contributed by atoms with Crippen LogP contribution in [0.4, 0.5) is 20.6 Å². The number of amides is 2. The lowest BCUT2D eigenvalue weighted by molar-refractivity contribution is 0.166. The van der Waals surface area contributed by atoms with E-state index in [2.05, 4.69) is 42.3 Å². The van der Waals surface area contributed by atoms with E-state index in [9.17, 15) is 9.18 Å². The van der Waals surface area contributed by atoms with Crippen LogP contribution in [0.5, 0.6) is 0 Å². The van der Waals surface area contributed by atoms with Crippen molar-refractivity contribution in [2.75, 3.05) is 4.90 Å². The van der Waals surface area contributed by atoms with Gasteiger partial charge in [0.05, 0.1) is 26.4 Å². The molecule has 6 rings (SSSR count). The molecular weight excluding hydrogens is 544 g/mol. The maximum Gasteiger partial charge on any atom is 0.326 e. The third-order valence-corrected chi connectivity index (χ3v) is 8.81. The first-order chi connectivity index (χ1) is 18.2. The SMILES string of the molecule is CC(C)N1C2C=C(c3cc(-c4ccc(F)cc4Cl)c4c(c3)N(c3c(Cl)cccc3Cl)C(=O)NC4)CC1CC2. The molecule has 0 aromatic heterocycles. The van der Waals surface area contributed by atoms with Crippen LogP contribution in [0.25, 0.3) is 16.7 Å². The molecule has 2 unspecified atom stereocenters. The lowest BCUT2D eigenvalue weighted by Crippen LogP contribution is -2.43. The number of urea groups is 1. The van der Waals surface area contributed by atoms with Crippen molar-refractivity contribution in [1.29, 1.82) is 0 Å². The van der Waals surface area contributed by atoms with Crippen LogP contribution in [-0.2, 0) is 6.54 Å². The minimum Gasteiger partial charge on any atom is -0.333 e. The maximum absolute atomic E-state index is 14.0. The number of hydrogen-bond donors (Lipinski definition) is 1. The first-order valence-corrected chi connectivity index (χ1v) is 14.0. The summed E-state index contributed by atoms with van der Waals surface area (Å²) in [5.41, 5.74) is 5.78. The van der Waals surface area contributed by atoms with E-state index in [0.29, 0.717) is 56.7 Å². The van der Waals surface area contributed by atoms with Crippen LogP contribution in [0, 0.1) is 5.82 Å². The molecule has 0 spiro atoms. The van der Waals surface area contributed by atoms with Gasteiger partial charge in [-0.15, -0.1) is 0 Å². The second-order valence-electron chi connectivity index (χ2n) is 10.4. The quantitative estimate of drug-likeness (QED) is 0.340. The molecule has 3 heterocycles. The molecule has 1 fully saturated rings. The fourth-order valence-electron chi connectivity index (χ4n) is 6.33. The van der Waals surface area contributed by atoms with Crippen molar-refractivity contribution in [2.45, 2.75) is 57.8 Å². The third-order valence-electron chi connectivity index (χ3n) is 7.89. The zero-order chi connectivity index (χ0) is 26.7. The van der Waals surface area contributed by atoms with Crippen molar-refractivity contribution in [3.05, 3.63) is 86.6 Å². The number of nitrogens with zero attached hydrogens (tertiary/aromatic N) is 2. The van der Waals surface area contributed by atoms with Gasteiger partial charge in [-0.3, -0.25) is 9.80 Å². The molecule has 0 aliphatic carbocycles. The van der Waals surface area contributed by atoms with Gasteiger partial charge < -0.3 is 5.32 Å². The Morgan fingerprint density at radius 3 is 2.42 bits per heavy atom. The van der Waals surface area contributed by atoms with Crippen LogP contribution in [0.2, 0.25) is 15.1 Å². The Labute approximate surface area is 237 Å². The maximum atomic E-state index is 14.0. The Bertz CT molecular complexity index is 1470. The summed E-state index contributed by atoms with van der Waals surface area (Å²) < 4.78 is 14.0. The monoisotopic (exact) mass is 569 g/mol. The smallest absolute Gasteiger partial charge is 0.326 e. The standard InChI is InChI=1S/C30H27Cl3FN3O/c1-16(2)36-20-7-8-21(36)11-17(10-20)18-12-23(22-9-6-19(34)14-27(22)33)24-15-35-30(38)37(28(24)13-18)29-25(31)4-3-5-26(29)32/h3-6,9-10,12-14,16,20-21H,7-8,11,15H2,1-2H3,(H,35,38). The summed E-state index contributed by atoms with van der Waals surface area (Å²) in [7, 11) is 0. The van der Waals surface area contributed by atoms with Crippen LogP contribution in [0.1, 0.15) is 44.2 Å². The van der Waals surface area contributed by atoms with Crippen molar-refractivity contribution in [2.24, 2.45) is 0 Å². The van der Waals surface area contributed by atoms with Gasteiger partial charge in [-0.25, -0.2) is 9.18 Å². The predicted octanol–water partition coefficient (Wildman–Crippen LogP) is 8.84. The van der Waals surface area contributed by atoms with Crippen molar-refractivity contribution >= 4 is 57.8 Å². The van der Waals surface area contributed by atoms with Crippen molar-refractivity contribution < 1.29 is 9.18 Å². The number of anilines is 2. The minimum absolute atomic E-state index is 0.293. The topological polar surface area (TPSA) is 35.6 Å². The van der Waals surface area contributed by atoms with Crippen molar-refractivity contribution in [3.8, 4) is 11.1 Å². The normalized spacial score (nSPS) is 21.0. The van der Waals surface area contributed by atoms with Crippen LogP contribution < -0.4 is 10.2 Å². The highest BCUT2D eigenvalue weighted by Gasteiger charge is 2.39. The fraction of sp³-hybridized carbons (Fsp3) is 0.300. The summed E-state index contributed by atoms with van der Waals surface area (Å²) >= 11 is 19.8. The van der Waals surface area contributed by atoms with Crippen LogP contribution >= 0.6 is 34.8 Å². The Morgan fingerprint density at radius 1 is 0.974 bits per heavy atom. The first kappa shape index (κ1) is 25.7. The Balaban J connectivity index is 1.58. The second kappa shape index (κ2) is 9.87. The first-order valence-electron chi connectivity index (χ1n) is 12.9. The second-order valence-corrected chi connectivity index (χ2v) is 11.7.